The zero-order valence-corrected chi connectivity index (χ0v) is 11.6. The van der Waals surface area contributed by atoms with Crippen LogP contribution in [0.3, 0.4) is 0 Å². The molecule has 1 saturated heterocycles. The Labute approximate surface area is 113 Å². The quantitative estimate of drug-likeness (QED) is 0.771. The molecule has 2 heterocycles. The van der Waals surface area contributed by atoms with Crippen LogP contribution in [-0.2, 0) is 4.79 Å². The smallest absolute Gasteiger partial charge is 0.235 e. The predicted octanol–water partition coefficient (Wildman–Crippen LogP) is 3.24. The first-order valence-electron chi connectivity index (χ1n) is 6.70. The lowest BCUT2D eigenvalue weighted by Gasteiger charge is -2.49. The van der Waals surface area contributed by atoms with Crippen LogP contribution in [0.4, 0.5) is 5.69 Å². The molecule has 1 aliphatic heterocycles. The SMILES string of the molecule is CC(C)C1(C)CN(c2cccc3cccnc23)C1=O. The highest BCUT2D eigenvalue weighted by molar-refractivity contribution is 6.09. The Hall–Kier alpha value is -1.90. The molecule has 0 aliphatic carbocycles. The van der Waals surface area contributed by atoms with Crippen molar-refractivity contribution in [3.63, 3.8) is 0 Å². The van der Waals surface area contributed by atoms with E-state index in [4.69, 9.17) is 0 Å². The number of hydrogen-bond acceptors (Lipinski definition) is 2. The van der Waals surface area contributed by atoms with Gasteiger partial charge in [0, 0.05) is 18.1 Å². The van der Waals surface area contributed by atoms with Crippen LogP contribution in [0.1, 0.15) is 20.8 Å². The minimum atomic E-state index is -0.225. The number of para-hydroxylation sites is 1. The van der Waals surface area contributed by atoms with Gasteiger partial charge in [-0.3, -0.25) is 9.78 Å². The van der Waals surface area contributed by atoms with Crippen molar-refractivity contribution in [2.75, 3.05) is 11.4 Å². The van der Waals surface area contributed by atoms with E-state index in [9.17, 15) is 4.79 Å². The van der Waals surface area contributed by atoms with Crippen LogP contribution in [0.25, 0.3) is 10.9 Å². The second kappa shape index (κ2) is 4.05. The van der Waals surface area contributed by atoms with Gasteiger partial charge in [-0.2, -0.15) is 0 Å². The third kappa shape index (κ3) is 1.65. The van der Waals surface area contributed by atoms with Gasteiger partial charge in [0.1, 0.15) is 0 Å². The Kier molecular flexibility index (Phi) is 2.59. The van der Waals surface area contributed by atoms with E-state index >= 15 is 0 Å². The van der Waals surface area contributed by atoms with Gasteiger partial charge in [0.2, 0.25) is 5.91 Å². The number of aromatic nitrogens is 1. The lowest BCUT2D eigenvalue weighted by Crippen LogP contribution is -2.62. The van der Waals surface area contributed by atoms with Crippen molar-refractivity contribution in [2.45, 2.75) is 20.8 Å². The van der Waals surface area contributed by atoms with Gasteiger partial charge < -0.3 is 4.90 Å². The molecule has 2 aromatic rings. The first-order chi connectivity index (χ1) is 9.04. The monoisotopic (exact) mass is 254 g/mol. The van der Waals surface area contributed by atoms with E-state index < -0.39 is 0 Å². The summed E-state index contributed by atoms with van der Waals surface area (Å²) in [6.45, 7) is 7.04. The fourth-order valence-electron chi connectivity index (χ4n) is 2.61. The molecule has 1 atom stereocenters. The molecule has 98 valence electrons. The number of pyridine rings is 1. The van der Waals surface area contributed by atoms with Gasteiger partial charge in [-0.15, -0.1) is 0 Å². The van der Waals surface area contributed by atoms with E-state index in [1.54, 1.807) is 6.20 Å². The third-order valence-corrected chi connectivity index (χ3v) is 4.40. The van der Waals surface area contributed by atoms with Crippen LogP contribution in [-0.4, -0.2) is 17.4 Å². The lowest BCUT2D eigenvalue weighted by atomic mass is 9.71. The molecule has 1 unspecified atom stereocenters. The number of rotatable bonds is 2. The van der Waals surface area contributed by atoms with Crippen molar-refractivity contribution in [3.05, 3.63) is 36.5 Å². The maximum atomic E-state index is 12.5. The van der Waals surface area contributed by atoms with E-state index in [1.807, 2.05) is 35.2 Å². The summed E-state index contributed by atoms with van der Waals surface area (Å²) < 4.78 is 0. The topological polar surface area (TPSA) is 33.2 Å². The van der Waals surface area contributed by atoms with E-state index in [-0.39, 0.29) is 11.3 Å². The highest BCUT2D eigenvalue weighted by Gasteiger charge is 2.51. The molecular weight excluding hydrogens is 236 g/mol. The van der Waals surface area contributed by atoms with Crippen LogP contribution in [0, 0.1) is 11.3 Å². The molecule has 1 aromatic heterocycles. The molecule has 0 N–H and O–H groups in total. The first kappa shape index (κ1) is 12.2. The summed E-state index contributed by atoms with van der Waals surface area (Å²) in [5, 5.41) is 1.07. The molecule has 1 aromatic carbocycles. The maximum Gasteiger partial charge on any atom is 0.235 e. The van der Waals surface area contributed by atoms with Gasteiger partial charge in [0.15, 0.2) is 0 Å². The van der Waals surface area contributed by atoms with Gasteiger partial charge in [0.25, 0.3) is 0 Å². The zero-order valence-electron chi connectivity index (χ0n) is 11.6. The number of carbonyl (C=O) groups is 1. The fraction of sp³-hybridized carbons (Fsp3) is 0.375. The van der Waals surface area contributed by atoms with E-state index in [0.29, 0.717) is 5.92 Å². The molecule has 0 radical (unpaired) electrons. The molecule has 3 heteroatoms. The Morgan fingerprint density at radius 1 is 1.26 bits per heavy atom. The van der Waals surface area contributed by atoms with Crippen molar-refractivity contribution in [1.29, 1.82) is 0 Å². The summed E-state index contributed by atoms with van der Waals surface area (Å²) in [5.74, 6) is 0.569. The van der Waals surface area contributed by atoms with Crippen LogP contribution in [0.5, 0.6) is 0 Å². The molecule has 3 nitrogen and oxygen atoms in total. The normalized spacial score (nSPS) is 22.9. The number of hydrogen-bond donors (Lipinski definition) is 0. The minimum absolute atomic E-state index is 0.209. The van der Waals surface area contributed by atoms with Crippen molar-refractivity contribution in [3.8, 4) is 0 Å². The van der Waals surface area contributed by atoms with Crippen LogP contribution < -0.4 is 4.90 Å². The Morgan fingerprint density at radius 3 is 2.68 bits per heavy atom. The molecule has 19 heavy (non-hydrogen) atoms. The molecule has 1 fully saturated rings. The van der Waals surface area contributed by atoms with Gasteiger partial charge in [0.05, 0.1) is 16.6 Å². The predicted molar refractivity (Wildman–Crippen MR) is 77.0 cm³/mol. The molecule has 1 amide bonds. The second-order valence-corrected chi connectivity index (χ2v) is 5.82. The molecule has 1 aliphatic rings. The molecule has 3 rings (SSSR count). The summed E-state index contributed by atoms with van der Waals surface area (Å²) in [6, 6.07) is 9.93. The summed E-state index contributed by atoms with van der Waals surface area (Å²) in [6.07, 6.45) is 1.78. The third-order valence-electron chi connectivity index (χ3n) is 4.40. The van der Waals surface area contributed by atoms with Crippen LogP contribution in [0.2, 0.25) is 0 Å². The Balaban J connectivity index is 2.02. The molecular formula is C16H18N2O. The number of carbonyl (C=O) groups excluding carboxylic acids is 1. The largest absolute Gasteiger partial charge is 0.309 e. The number of β-lactam (4-membered cyclic amide) rings is 1. The zero-order chi connectivity index (χ0) is 13.6. The molecule has 0 spiro atoms. The second-order valence-electron chi connectivity index (χ2n) is 5.82. The van der Waals surface area contributed by atoms with Gasteiger partial charge in [-0.05, 0) is 25.0 Å². The maximum absolute atomic E-state index is 12.5. The fourth-order valence-corrected chi connectivity index (χ4v) is 2.61. The van der Waals surface area contributed by atoms with Crippen LogP contribution >= 0.6 is 0 Å². The minimum Gasteiger partial charge on any atom is -0.309 e. The van der Waals surface area contributed by atoms with Crippen molar-refractivity contribution >= 4 is 22.5 Å². The Bertz CT molecular complexity index is 645. The summed E-state index contributed by atoms with van der Waals surface area (Å²) >= 11 is 0. The van der Waals surface area contributed by atoms with Gasteiger partial charge >= 0.3 is 0 Å². The van der Waals surface area contributed by atoms with Gasteiger partial charge in [-0.25, -0.2) is 0 Å². The number of amides is 1. The summed E-state index contributed by atoms with van der Waals surface area (Å²) in [5.41, 5.74) is 1.61. The number of anilines is 1. The summed E-state index contributed by atoms with van der Waals surface area (Å²) in [7, 11) is 0. The summed E-state index contributed by atoms with van der Waals surface area (Å²) in [4.78, 5) is 18.7. The van der Waals surface area contributed by atoms with Crippen molar-refractivity contribution < 1.29 is 4.79 Å². The number of nitrogens with zero attached hydrogens (tertiary/aromatic N) is 2. The average Bonchev–Trinajstić information content (AvgIpc) is 2.43. The Morgan fingerprint density at radius 2 is 2.00 bits per heavy atom. The van der Waals surface area contributed by atoms with E-state index in [1.165, 1.54) is 0 Å². The van der Waals surface area contributed by atoms with Crippen molar-refractivity contribution in [2.24, 2.45) is 11.3 Å². The standard InChI is InChI=1S/C16H18N2O/c1-11(2)16(3)10-18(15(16)19)13-8-4-6-12-7-5-9-17-14(12)13/h4-9,11H,10H2,1-3H3. The van der Waals surface area contributed by atoms with Gasteiger partial charge in [-0.1, -0.05) is 32.0 Å². The number of fused-ring (bicyclic) bond motifs is 1. The molecule has 0 saturated carbocycles. The average molecular weight is 254 g/mol. The molecule has 0 bridgehead atoms. The van der Waals surface area contributed by atoms with E-state index in [2.05, 4.69) is 25.8 Å². The van der Waals surface area contributed by atoms with E-state index in [0.717, 1.165) is 23.1 Å². The lowest BCUT2D eigenvalue weighted by molar-refractivity contribution is -0.136. The van der Waals surface area contributed by atoms with Crippen LogP contribution in [0.15, 0.2) is 36.5 Å². The highest BCUT2D eigenvalue weighted by Crippen LogP contribution is 2.42. The van der Waals surface area contributed by atoms with Crippen molar-refractivity contribution in [1.82, 2.24) is 4.98 Å². The first-order valence-corrected chi connectivity index (χ1v) is 6.70. The highest BCUT2D eigenvalue weighted by atomic mass is 16.2. The number of benzene rings is 1.